The van der Waals surface area contributed by atoms with Crippen LogP contribution in [0.5, 0.6) is 0 Å². The van der Waals surface area contributed by atoms with E-state index in [1.54, 1.807) is 31.4 Å². The van der Waals surface area contributed by atoms with E-state index in [0.29, 0.717) is 26.1 Å². The van der Waals surface area contributed by atoms with Gasteiger partial charge in [0.2, 0.25) is 0 Å². The first-order chi connectivity index (χ1) is 27.1. The smallest absolute Gasteiger partial charge is 0.297 e. The number of ether oxygens (including phenoxy) is 3. The summed E-state index contributed by atoms with van der Waals surface area (Å²) < 4.78 is 66.6. The van der Waals surface area contributed by atoms with E-state index in [-0.39, 0.29) is 34.0 Å². The zero-order valence-corrected chi connectivity index (χ0v) is 41.6. The first kappa shape index (κ1) is 52.5. The van der Waals surface area contributed by atoms with Crippen molar-refractivity contribution in [2.24, 2.45) is 0 Å². The number of benzene rings is 2. The highest BCUT2D eigenvalue weighted by Crippen LogP contribution is 2.42. The van der Waals surface area contributed by atoms with Crippen molar-refractivity contribution in [3.8, 4) is 0 Å². The average molecular weight is 863 g/mol. The van der Waals surface area contributed by atoms with Crippen LogP contribution in [-0.4, -0.2) is 70.0 Å². The van der Waals surface area contributed by atoms with Gasteiger partial charge in [0.25, 0.3) is 10.1 Å². The van der Waals surface area contributed by atoms with Crippen LogP contribution in [0.3, 0.4) is 0 Å². The maximum atomic E-state index is 14.0. The number of rotatable bonds is 29. The van der Waals surface area contributed by atoms with Gasteiger partial charge >= 0.3 is 0 Å². The fourth-order valence-electron chi connectivity index (χ4n) is 6.13. The van der Waals surface area contributed by atoms with Gasteiger partial charge in [0.1, 0.15) is 19.0 Å². The summed E-state index contributed by atoms with van der Waals surface area (Å²) in [6.45, 7) is 28.0. The number of hydrogen-bond donors (Lipinski definition) is 0. The minimum absolute atomic E-state index is 0.000447. The van der Waals surface area contributed by atoms with E-state index in [4.69, 9.17) is 27.2 Å². The van der Waals surface area contributed by atoms with Crippen LogP contribution in [0.2, 0.25) is 36.3 Å². The fraction of sp³-hybridized carbons (Fsp3) is 0.702. The van der Waals surface area contributed by atoms with E-state index in [9.17, 15) is 8.42 Å². The number of aryl methyl sites for hydroxylation is 1. The minimum atomic E-state index is -4.14. The van der Waals surface area contributed by atoms with E-state index in [0.717, 1.165) is 43.2 Å². The second-order valence-corrected chi connectivity index (χ2v) is 30.1. The lowest BCUT2D eigenvalue weighted by atomic mass is 9.99. The summed E-state index contributed by atoms with van der Waals surface area (Å²) in [5.74, 6) is 0. The van der Waals surface area contributed by atoms with Gasteiger partial charge in [-0.3, -0.25) is 4.18 Å². The lowest BCUT2D eigenvalue weighted by molar-refractivity contribution is -0.0905. The summed E-state index contributed by atoms with van der Waals surface area (Å²) in [4.78, 5) is 0.119. The van der Waals surface area contributed by atoms with Gasteiger partial charge < -0.3 is 23.1 Å². The van der Waals surface area contributed by atoms with Crippen molar-refractivity contribution in [3.63, 3.8) is 0 Å². The minimum Gasteiger partial charge on any atom is -0.411 e. The number of allylic oxidation sites excluding steroid dienone is 1. The Balaban J connectivity index is 2.53. The molecule has 0 bridgehead atoms. The molecule has 2 aromatic rings. The van der Waals surface area contributed by atoms with E-state index in [1.165, 1.54) is 25.7 Å². The Labute approximate surface area is 357 Å². The Morgan fingerprint density at radius 3 is 1.83 bits per heavy atom. The Bertz CT molecular complexity index is 1530. The largest absolute Gasteiger partial charge is 0.411 e. The molecule has 0 saturated carbocycles. The summed E-state index contributed by atoms with van der Waals surface area (Å²) >= 11 is 0. The molecule has 0 heterocycles. The molecular weight excluding hydrogens is 781 g/mol. The molecule has 0 amide bonds. The topological polar surface area (TPSA) is 89.5 Å². The quantitative estimate of drug-likeness (QED) is 0.0263. The van der Waals surface area contributed by atoms with Crippen molar-refractivity contribution >= 4 is 26.8 Å². The molecule has 332 valence electrons. The van der Waals surface area contributed by atoms with Gasteiger partial charge in [-0.25, -0.2) is 0 Å². The van der Waals surface area contributed by atoms with Crippen molar-refractivity contribution in [2.75, 3.05) is 20.5 Å². The zero-order valence-electron chi connectivity index (χ0n) is 38.7. The molecule has 4 atom stereocenters. The van der Waals surface area contributed by atoms with Crippen LogP contribution < -0.4 is 0 Å². The molecule has 0 unspecified atom stereocenters. The third-order valence-electron chi connectivity index (χ3n) is 11.9. The highest BCUT2D eigenvalue weighted by molar-refractivity contribution is 7.86. The van der Waals surface area contributed by atoms with Crippen molar-refractivity contribution in [1.82, 2.24) is 0 Å². The molecular formula is C47H82O8SSi2. The first-order valence-electron chi connectivity index (χ1n) is 21.9. The lowest BCUT2D eigenvalue weighted by Crippen LogP contribution is -2.52. The number of unbranched alkanes of at least 4 members (excludes halogenated alkanes) is 6. The van der Waals surface area contributed by atoms with Crippen LogP contribution in [-0.2, 0) is 44.0 Å². The third-order valence-corrected chi connectivity index (χ3v) is 22.3. The Morgan fingerprint density at radius 1 is 0.707 bits per heavy atom. The molecule has 0 aliphatic carbocycles. The van der Waals surface area contributed by atoms with Gasteiger partial charge in [-0.1, -0.05) is 141 Å². The van der Waals surface area contributed by atoms with Crippen molar-refractivity contribution in [1.29, 1.82) is 0 Å². The van der Waals surface area contributed by atoms with E-state index in [1.807, 2.05) is 31.2 Å². The summed E-state index contributed by atoms with van der Waals surface area (Å²) in [6, 6.07) is 17.0. The summed E-state index contributed by atoms with van der Waals surface area (Å²) in [6.07, 6.45) is 12.5. The third kappa shape index (κ3) is 18.9. The molecule has 0 aliphatic heterocycles. The second kappa shape index (κ2) is 25.3. The summed E-state index contributed by atoms with van der Waals surface area (Å²) in [5.41, 5.74) is 2.12. The molecule has 8 nitrogen and oxygen atoms in total. The van der Waals surface area contributed by atoms with Gasteiger partial charge in [0.05, 0.1) is 23.7 Å². The fourth-order valence-corrected chi connectivity index (χ4v) is 10.00. The molecule has 0 aromatic heterocycles. The second-order valence-electron chi connectivity index (χ2n) is 19.0. The van der Waals surface area contributed by atoms with Crippen LogP contribution in [0.4, 0.5) is 0 Å². The monoisotopic (exact) mass is 863 g/mol. The van der Waals surface area contributed by atoms with E-state index in [2.05, 4.69) is 92.9 Å². The van der Waals surface area contributed by atoms with Crippen LogP contribution in [0.15, 0.2) is 71.6 Å². The average Bonchev–Trinajstić information content (AvgIpc) is 3.14. The number of hydrogen-bond acceptors (Lipinski definition) is 8. The van der Waals surface area contributed by atoms with Gasteiger partial charge in [0.15, 0.2) is 16.6 Å². The van der Waals surface area contributed by atoms with Gasteiger partial charge in [-0.05, 0) is 99.4 Å². The molecule has 58 heavy (non-hydrogen) atoms. The van der Waals surface area contributed by atoms with Gasteiger partial charge in [0, 0.05) is 13.7 Å². The molecule has 0 aliphatic rings. The Morgan fingerprint density at radius 2 is 1.26 bits per heavy atom. The highest BCUT2D eigenvalue weighted by atomic mass is 32.2. The SMILES string of the molecule is CCCCCCCC/C=C/[C@@H](OCOC)[C@H](CC[C@H](O[Si](C)(C)C(C)(C)C)[C@H](CCCOCc1ccccc1)O[Si](C)(C)C(C)(C)C)OS(=O)(=O)c1ccc(C)cc1. The summed E-state index contributed by atoms with van der Waals surface area (Å²) in [7, 11) is -7.18. The van der Waals surface area contributed by atoms with E-state index >= 15 is 0 Å². The molecule has 0 N–H and O–H groups in total. The molecule has 0 fully saturated rings. The van der Waals surface area contributed by atoms with Crippen LogP contribution >= 0.6 is 0 Å². The standard InChI is InChI=1S/C47H82O8SSi2/c1-14-15-16-17-18-19-20-24-28-42(52-38-50-9)43(53-56(48,49)41-32-30-39(2)31-33-41)34-35-45(55-58(12,13)47(6,7)8)44(54-57(10,11)46(3,4)5)29-25-36-51-37-40-26-22-21-23-27-40/h21-24,26-28,30-33,42-45H,14-20,25,29,34-38H2,1-13H3/b28-24+/t42-,43+,44+,45+/m1/s1. The van der Waals surface area contributed by atoms with Crippen molar-refractivity contribution in [2.45, 2.75) is 198 Å². The predicted molar refractivity (Wildman–Crippen MR) is 246 cm³/mol. The Hall–Kier alpha value is -1.68. The first-order valence-corrected chi connectivity index (χ1v) is 29.1. The highest BCUT2D eigenvalue weighted by Gasteiger charge is 2.45. The van der Waals surface area contributed by atoms with E-state index < -0.39 is 39.0 Å². The maximum absolute atomic E-state index is 14.0. The molecule has 0 saturated heterocycles. The van der Waals surface area contributed by atoms with Gasteiger partial charge in [-0.15, -0.1) is 0 Å². The molecule has 11 heteroatoms. The van der Waals surface area contributed by atoms with Crippen molar-refractivity contribution < 1.29 is 35.7 Å². The molecule has 0 radical (unpaired) electrons. The van der Waals surface area contributed by atoms with Gasteiger partial charge in [-0.2, -0.15) is 8.42 Å². The predicted octanol–water partition coefficient (Wildman–Crippen LogP) is 12.9. The normalized spacial score (nSPS) is 15.5. The van der Waals surface area contributed by atoms with Crippen LogP contribution in [0.25, 0.3) is 0 Å². The molecule has 2 aromatic carbocycles. The number of methoxy groups -OCH3 is 1. The molecule has 2 rings (SSSR count). The van der Waals surface area contributed by atoms with Crippen molar-refractivity contribution in [3.05, 3.63) is 77.9 Å². The summed E-state index contributed by atoms with van der Waals surface area (Å²) in [5, 5.41) is -0.0795. The lowest BCUT2D eigenvalue weighted by Gasteiger charge is -2.45. The van der Waals surface area contributed by atoms with Crippen LogP contribution in [0.1, 0.15) is 130 Å². The molecule has 0 spiro atoms. The Kier molecular flexibility index (Phi) is 22.9. The maximum Gasteiger partial charge on any atom is 0.297 e. The zero-order chi connectivity index (χ0) is 43.5. The van der Waals surface area contributed by atoms with Crippen LogP contribution in [0, 0.1) is 6.92 Å².